The van der Waals surface area contributed by atoms with Crippen LogP contribution < -0.4 is 5.11 Å². The highest BCUT2D eigenvalue weighted by Crippen LogP contribution is 2.18. The largest absolute Gasteiger partial charge is 0.545 e. The maximum absolute atomic E-state index is 12.8. The molecule has 69 heavy (non-hydrogen) atoms. The molecule has 0 aliphatic rings. The van der Waals surface area contributed by atoms with Crippen LogP contribution in [0.2, 0.25) is 0 Å². The monoisotopic (exact) mass is 980 g/mol. The van der Waals surface area contributed by atoms with E-state index in [0.29, 0.717) is 17.4 Å². The molecule has 0 aromatic heterocycles. The lowest BCUT2D eigenvalue weighted by molar-refractivity contribution is -0.870. The molecule has 0 rings (SSSR count). The first kappa shape index (κ1) is 67.3. The molecule has 0 saturated heterocycles. The number of ether oxygens (including phenoxy) is 4. The average Bonchev–Trinajstić information content (AvgIpc) is 3.31. The number of hydrogen-bond acceptors (Lipinski definition) is 8. The molecule has 0 heterocycles. The fourth-order valence-corrected chi connectivity index (χ4v) is 9.19. The van der Waals surface area contributed by atoms with Crippen LogP contribution in [0.4, 0.5) is 0 Å². The highest BCUT2D eigenvalue weighted by atomic mass is 16.7. The Kier molecular flexibility index (Phi) is 51.3. The maximum atomic E-state index is 12.8. The number of hydrogen-bond donors (Lipinski definition) is 0. The van der Waals surface area contributed by atoms with Gasteiger partial charge in [-0.2, -0.15) is 0 Å². The van der Waals surface area contributed by atoms with E-state index in [9.17, 15) is 19.5 Å². The van der Waals surface area contributed by atoms with Gasteiger partial charge >= 0.3 is 11.9 Å². The van der Waals surface area contributed by atoms with E-state index in [-0.39, 0.29) is 32.2 Å². The highest BCUT2D eigenvalue weighted by molar-refractivity contribution is 5.70. The first-order valence-corrected chi connectivity index (χ1v) is 30.2. The number of likely N-dealkylation sites (N-methyl/N-ethyl adjacent to an activating group) is 1. The first-order valence-electron chi connectivity index (χ1n) is 30.2. The first-order chi connectivity index (χ1) is 33.6. The molecule has 0 fully saturated rings. The van der Waals surface area contributed by atoms with Crippen LogP contribution in [0, 0.1) is 0 Å². The van der Waals surface area contributed by atoms with Gasteiger partial charge < -0.3 is 33.3 Å². The smallest absolute Gasteiger partial charge is 0.306 e. The molecule has 9 nitrogen and oxygen atoms in total. The Morgan fingerprint density at radius 1 is 0.377 bits per heavy atom. The number of carboxylic acid groups (broad SMARTS) is 1. The minimum absolute atomic E-state index is 0.152. The van der Waals surface area contributed by atoms with Crippen molar-refractivity contribution in [2.45, 2.75) is 322 Å². The molecule has 2 unspecified atom stereocenters. The summed E-state index contributed by atoms with van der Waals surface area (Å²) in [4.78, 5) is 36.9. The third kappa shape index (κ3) is 53.9. The van der Waals surface area contributed by atoms with Crippen molar-refractivity contribution in [1.29, 1.82) is 0 Å². The maximum Gasteiger partial charge on any atom is 0.306 e. The summed E-state index contributed by atoms with van der Waals surface area (Å²) in [6.07, 6.45) is 56.8. The van der Waals surface area contributed by atoms with Crippen molar-refractivity contribution in [2.75, 3.05) is 47.5 Å². The van der Waals surface area contributed by atoms with E-state index in [4.69, 9.17) is 18.9 Å². The average molecular weight is 981 g/mol. The molecule has 0 aromatic carbocycles. The number of aliphatic carboxylic acids is 1. The number of esters is 2. The van der Waals surface area contributed by atoms with Gasteiger partial charge in [-0.25, -0.2) is 0 Å². The highest BCUT2D eigenvalue weighted by Gasteiger charge is 2.22. The molecule has 0 bridgehead atoms. The minimum atomic E-state index is -1.61. The molecule has 9 heteroatoms. The molecule has 0 aliphatic carbocycles. The lowest BCUT2D eigenvalue weighted by Gasteiger charge is -2.26. The Morgan fingerprint density at radius 3 is 0.928 bits per heavy atom. The number of unbranched alkanes of at least 4 members (excludes halogenated alkanes) is 42. The van der Waals surface area contributed by atoms with Crippen LogP contribution in [0.1, 0.15) is 309 Å². The van der Waals surface area contributed by atoms with Gasteiger partial charge in [-0.3, -0.25) is 9.59 Å². The molecule has 0 aliphatic heterocycles. The zero-order valence-corrected chi connectivity index (χ0v) is 46.7. The normalized spacial score (nSPS) is 12.7. The Balaban J connectivity index is 3.75. The van der Waals surface area contributed by atoms with Crippen LogP contribution in [0.3, 0.4) is 0 Å². The van der Waals surface area contributed by atoms with Crippen LogP contribution in [-0.4, -0.2) is 82.3 Å². The van der Waals surface area contributed by atoms with Crippen molar-refractivity contribution < 1.29 is 42.9 Å². The summed E-state index contributed by atoms with van der Waals surface area (Å²) in [5.74, 6) is -2.27. The quantitative estimate of drug-likeness (QED) is 0.0256. The van der Waals surface area contributed by atoms with E-state index in [0.717, 1.165) is 44.9 Å². The molecule has 0 amide bonds. The standard InChI is InChI=1S/C60H117NO8/c1-6-8-10-12-14-15-16-17-18-19-20-21-22-23-24-25-26-27-28-29-30-31-32-33-34-35-36-37-38-39-40-41-42-43-44-45-47-49-51-58(63)69-56(54-67-57(62)50-48-46-13-11-9-7-2)55-68-60(59(64)65)66-53-52-61(3,4)5/h56,60H,6-55H2,1-5H3. The van der Waals surface area contributed by atoms with E-state index in [1.54, 1.807) is 0 Å². The Labute approximate surface area is 428 Å². The third-order valence-corrected chi connectivity index (χ3v) is 13.9. The molecule has 0 aromatic rings. The van der Waals surface area contributed by atoms with Gasteiger partial charge in [-0.05, 0) is 12.8 Å². The molecule has 0 N–H and O–H groups in total. The Morgan fingerprint density at radius 2 is 0.652 bits per heavy atom. The van der Waals surface area contributed by atoms with Crippen LogP contribution in [0.5, 0.6) is 0 Å². The predicted molar refractivity (Wildman–Crippen MR) is 288 cm³/mol. The van der Waals surface area contributed by atoms with Gasteiger partial charge in [0.15, 0.2) is 12.4 Å². The van der Waals surface area contributed by atoms with Crippen LogP contribution in [-0.2, 0) is 33.3 Å². The zero-order chi connectivity index (χ0) is 50.6. The van der Waals surface area contributed by atoms with Crippen molar-refractivity contribution in [1.82, 2.24) is 0 Å². The third-order valence-electron chi connectivity index (χ3n) is 13.9. The molecule has 410 valence electrons. The number of carboxylic acids is 1. The second kappa shape index (κ2) is 52.6. The molecular formula is C60H117NO8. The topological polar surface area (TPSA) is 111 Å². The molecular weight excluding hydrogens is 863 g/mol. The summed E-state index contributed by atoms with van der Waals surface area (Å²) in [7, 11) is 5.92. The van der Waals surface area contributed by atoms with Crippen LogP contribution >= 0.6 is 0 Å². The van der Waals surface area contributed by atoms with Crippen LogP contribution in [0.25, 0.3) is 0 Å². The zero-order valence-electron chi connectivity index (χ0n) is 46.7. The number of carbonyl (C=O) groups excluding carboxylic acids is 3. The van der Waals surface area contributed by atoms with Crippen molar-refractivity contribution >= 4 is 17.9 Å². The van der Waals surface area contributed by atoms with E-state index >= 15 is 0 Å². The molecule has 0 spiro atoms. The van der Waals surface area contributed by atoms with E-state index < -0.39 is 24.3 Å². The number of nitrogens with zero attached hydrogens (tertiary/aromatic N) is 1. The van der Waals surface area contributed by atoms with Gasteiger partial charge in [-0.1, -0.05) is 284 Å². The van der Waals surface area contributed by atoms with Crippen molar-refractivity contribution in [3.63, 3.8) is 0 Å². The predicted octanol–water partition coefficient (Wildman–Crippen LogP) is 16.2. The lowest BCUT2D eigenvalue weighted by atomic mass is 10.0. The summed E-state index contributed by atoms with van der Waals surface area (Å²) < 4.78 is 22.5. The van der Waals surface area contributed by atoms with Gasteiger partial charge in [0.1, 0.15) is 13.2 Å². The van der Waals surface area contributed by atoms with Gasteiger partial charge in [0, 0.05) is 12.8 Å². The number of carbonyl (C=O) groups is 3. The number of rotatable bonds is 57. The Bertz CT molecular complexity index is 1100. The fraction of sp³-hybridized carbons (Fsp3) is 0.950. The molecule has 0 radical (unpaired) electrons. The SMILES string of the molecule is CCCCCCCCCCCCCCCCCCCCCCCCCCCCCCCCCCCCCCCCC(=O)OC(COC(=O)CCCCCCCC)COC(OCC[N+](C)(C)C)C(=O)[O-]. The summed E-state index contributed by atoms with van der Waals surface area (Å²) in [5.41, 5.74) is 0. The summed E-state index contributed by atoms with van der Waals surface area (Å²) in [6, 6.07) is 0. The Hall–Kier alpha value is -1.71. The fourth-order valence-electron chi connectivity index (χ4n) is 9.19. The minimum Gasteiger partial charge on any atom is -0.545 e. The second-order valence-electron chi connectivity index (χ2n) is 22.0. The molecule has 0 saturated carbocycles. The van der Waals surface area contributed by atoms with Gasteiger partial charge in [0.05, 0.1) is 40.3 Å². The van der Waals surface area contributed by atoms with E-state index in [2.05, 4.69) is 13.8 Å². The van der Waals surface area contributed by atoms with Crippen LogP contribution in [0.15, 0.2) is 0 Å². The second-order valence-corrected chi connectivity index (χ2v) is 22.0. The van der Waals surface area contributed by atoms with E-state index in [1.165, 1.54) is 238 Å². The summed E-state index contributed by atoms with van der Waals surface area (Å²) >= 11 is 0. The van der Waals surface area contributed by atoms with Gasteiger partial charge in [-0.15, -0.1) is 0 Å². The summed E-state index contributed by atoms with van der Waals surface area (Å²) in [5, 5.41) is 11.7. The van der Waals surface area contributed by atoms with Crippen molar-refractivity contribution in [3.8, 4) is 0 Å². The summed E-state index contributed by atoms with van der Waals surface area (Å²) in [6.45, 7) is 4.72. The lowest BCUT2D eigenvalue weighted by Crippen LogP contribution is -2.44. The van der Waals surface area contributed by atoms with Gasteiger partial charge in [0.2, 0.25) is 0 Å². The molecule has 2 atom stereocenters. The van der Waals surface area contributed by atoms with Crippen molar-refractivity contribution in [3.05, 3.63) is 0 Å². The van der Waals surface area contributed by atoms with E-state index in [1.807, 2.05) is 21.1 Å². The van der Waals surface area contributed by atoms with Gasteiger partial charge in [0.25, 0.3) is 0 Å². The van der Waals surface area contributed by atoms with Crippen molar-refractivity contribution in [2.24, 2.45) is 0 Å². The number of quaternary nitrogens is 1.